The highest BCUT2D eigenvalue weighted by molar-refractivity contribution is 5.78. The van der Waals surface area contributed by atoms with Gasteiger partial charge in [0.2, 0.25) is 0 Å². The first-order chi connectivity index (χ1) is 12.3. The molecule has 0 aromatic rings. The summed E-state index contributed by atoms with van der Waals surface area (Å²) in [4.78, 5) is 11.6. The number of unbranched alkanes of at least 4 members (excludes halogenated alkanes) is 5. The SMILES string of the molecule is CC(C)CC(=O)CCCCCCCCOC(O)=C1C=C(O)C(O)=C(O)C1. The number of aliphatic hydroxyl groups is 4. The quantitative estimate of drug-likeness (QED) is 0.275. The summed E-state index contributed by atoms with van der Waals surface area (Å²) in [5, 5.41) is 38.0. The van der Waals surface area contributed by atoms with Crippen LogP contribution in [0.5, 0.6) is 0 Å². The van der Waals surface area contributed by atoms with Gasteiger partial charge in [0, 0.05) is 24.8 Å². The minimum Gasteiger partial charge on any atom is -0.508 e. The van der Waals surface area contributed by atoms with Crippen molar-refractivity contribution in [3.05, 3.63) is 34.9 Å². The molecule has 0 aromatic carbocycles. The Kier molecular flexibility index (Phi) is 9.70. The molecule has 0 spiro atoms. The molecular formula is C20H32O6. The lowest BCUT2D eigenvalue weighted by atomic mass is 10.0. The van der Waals surface area contributed by atoms with Crippen LogP contribution in [0, 0.1) is 5.92 Å². The second-order valence-corrected chi connectivity index (χ2v) is 7.19. The summed E-state index contributed by atoms with van der Waals surface area (Å²) in [7, 11) is 0. The zero-order chi connectivity index (χ0) is 19.5. The van der Waals surface area contributed by atoms with Crippen molar-refractivity contribution in [2.45, 2.75) is 71.6 Å². The number of rotatable bonds is 12. The van der Waals surface area contributed by atoms with Crippen molar-refractivity contribution < 1.29 is 30.0 Å². The Balaban J connectivity index is 2.09. The predicted octanol–water partition coefficient (Wildman–Crippen LogP) is 5.29. The maximum Gasteiger partial charge on any atom is 0.280 e. The molecule has 6 nitrogen and oxygen atoms in total. The second kappa shape index (κ2) is 11.5. The molecule has 0 unspecified atom stereocenters. The summed E-state index contributed by atoms with van der Waals surface area (Å²) in [6, 6.07) is 0. The van der Waals surface area contributed by atoms with Crippen LogP contribution >= 0.6 is 0 Å². The van der Waals surface area contributed by atoms with E-state index in [9.17, 15) is 25.2 Å². The molecule has 148 valence electrons. The topological polar surface area (TPSA) is 107 Å². The highest BCUT2D eigenvalue weighted by atomic mass is 16.6. The molecule has 0 saturated heterocycles. The zero-order valence-corrected chi connectivity index (χ0v) is 15.8. The molecule has 0 aromatic heterocycles. The summed E-state index contributed by atoms with van der Waals surface area (Å²) in [5.41, 5.74) is 0.226. The third kappa shape index (κ3) is 8.32. The number of carbonyl (C=O) groups is 1. The number of aliphatic hydroxyl groups excluding tert-OH is 4. The highest BCUT2D eigenvalue weighted by Crippen LogP contribution is 2.26. The van der Waals surface area contributed by atoms with E-state index in [0.717, 1.165) is 38.5 Å². The minimum absolute atomic E-state index is 0.0861. The number of carbonyl (C=O) groups excluding carboxylic acids is 1. The Morgan fingerprint density at radius 3 is 2.31 bits per heavy atom. The van der Waals surface area contributed by atoms with E-state index in [-0.39, 0.29) is 17.9 Å². The van der Waals surface area contributed by atoms with Crippen molar-refractivity contribution in [2.24, 2.45) is 5.92 Å². The summed E-state index contributed by atoms with van der Waals surface area (Å²) < 4.78 is 5.23. The van der Waals surface area contributed by atoms with Gasteiger partial charge >= 0.3 is 0 Å². The monoisotopic (exact) mass is 368 g/mol. The third-order valence-electron chi connectivity index (χ3n) is 4.18. The van der Waals surface area contributed by atoms with E-state index in [1.165, 1.54) is 6.08 Å². The van der Waals surface area contributed by atoms with Crippen molar-refractivity contribution in [1.82, 2.24) is 0 Å². The number of hydrogen-bond acceptors (Lipinski definition) is 6. The molecule has 0 bridgehead atoms. The summed E-state index contributed by atoms with van der Waals surface area (Å²) in [6.07, 6.45) is 8.34. The van der Waals surface area contributed by atoms with E-state index in [1.54, 1.807) is 0 Å². The van der Waals surface area contributed by atoms with E-state index in [2.05, 4.69) is 13.8 Å². The van der Waals surface area contributed by atoms with Crippen LogP contribution in [0.3, 0.4) is 0 Å². The summed E-state index contributed by atoms with van der Waals surface area (Å²) in [5.74, 6) is -1.03. The van der Waals surface area contributed by atoms with Crippen molar-refractivity contribution in [3.63, 3.8) is 0 Å². The number of Topliss-reactive ketones (excluding diaryl/α,β-unsaturated/α-hetero) is 1. The average Bonchev–Trinajstić information content (AvgIpc) is 2.56. The molecule has 0 amide bonds. The molecule has 1 aliphatic carbocycles. The molecular weight excluding hydrogens is 336 g/mol. The lowest BCUT2D eigenvalue weighted by Gasteiger charge is -2.14. The van der Waals surface area contributed by atoms with Gasteiger partial charge in [-0.3, -0.25) is 4.79 Å². The van der Waals surface area contributed by atoms with Crippen molar-refractivity contribution in [3.8, 4) is 0 Å². The van der Waals surface area contributed by atoms with Crippen LogP contribution in [0.15, 0.2) is 34.9 Å². The highest BCUT2D eigenvalue weighted by Gasteiger charge is 2.20. The first kappa shape index (κ1) is 21.9. The van der Waals surface area contributed by atoms with Gasteiger partial charge in [0.25, 0.3) is 5.95 Å². The molecule has 0 saturated carbocycles. The van der Waals surface area contributed by atoms with Gasteiger partial charge in [0.05, 0.1) is 6.61 Å². The van der Waals surface area contributed by atoms with Crippen molar-refractivity contribution >= 4 is 5.78 Å². The Bertz CT molecular complexity index is 557. The molecule has 0 heterocycles. The molecule has 26 heavy (non-hydrogen) atoms. The maximum atomic E-state index is 11.6. The van der Waals surface area contributed by atoms with Gasteiger partial charge < -0.3 is 25.2 Å². The Hall–Kier alpha value is -2.11. The fourth-order valence-electron chi connectivity index (χ4n) is 2.78. The second-order valence-electron chi connectivity index (χ2n) is 7.19. The van der Waals surface area contributed by atoms with Gasteiger partial charge in [-0.05, 0) is 24.8 Å². The summed E-state index contributed by atoms with van der Waals surface area (Å²) >= 11 is 0. The predicted molar refractivity (Wildman–Crippen MR) is 100 cm³/mol. The fourth-order valence-corrected chi connectivity index (χ4v) is 2.78. The van der Waals surface area contributed by atoms with E-state index in [4.69, 9.17) is 4.74 Å². The Morgan fingerprint density at radius 2 is 1.69 bits per heavy atom. The lowest BCUT2D eigenvalue weighted by Crippen LogP contribution is -2.06. The van der Waals surface area contributed by atoms with Gasteiger partial charge in [-0.2, -0.15) is 0 Å². The number of allylic oxidation sites excluding steroid dienone is 2. The Morgan fingerprint density at radius 1 is 1.08 bits per heavy atom. The van der Waals surface area contributed by atoms with Gasteiger partial charge in [-0.25, -0.2) is 0 Å². The fraction of sp³-hybridized carbons (Fsp3) is 0.650. The Labute approximate surface area is 155 Å². The first-order valence-corrected chi connectivity index (χ1v) is 9.40. The van der Waals surface area contributed by atoms with E-state index < -0.39 is 17.3 Å². The lowest BCUT2D eigenvalue weighted by molar-refractivity contribution is -0.119. The van der Waals surface area contributed by atoms with Gasteiger partial charge in [-0.15, -0.1) is 0 Å². The van der Waals surface area contributed by atoms with Crippen LogP contribution in [-0.4, -0.2) is 32.8 Å². The number of ketones is 1. The maximum absolute atomic E-state index is 11.6. The normalized spacial score (nSPS) is 16.7. The van der Waals surface area contributed by atoms with Gasteiger partial charge in [0.15, 0.2) is 11.5 Å². The van der Waals surface area contributed by atoms with Crippen LogP contribution in [0.2, 0.25) is 0 Å². The number of ether oxygens (including phenoxy) is 1. The molecule has 0 radical (unpaired) electrons. The van der Waals surface area contributed by atoms with Gasteiger partial charge in [-0.1, -0.05) is 39.5 Å². The molecule has 0 aliphatic heterocycles. The van der Waals surface area contributed by atoms with Crippen LogP contribution in [0.1, 0.15) is 71.6 Å². The standard InChI is InChI=1S/C20H32O6/c1-14(2)11-16(21)9-7-5-3-4-6-8-10-26-20(25)15-12-17(22)19(24)18(23)13-15/h12,14,22-25H,3-11,13H2,1-2H3. The van der Waals surface area contributed by atoms with Crippen molar-refractivity contribution in [1.29, 1.82) is 0 Å². The number of hydrogen-bond donors (Lipinski definition) is 4. The first-order valence-electron chi connectivity index (χ1n) is 9.40. The van der Waals surface area contributed by atoms with Gasteiger partial charge in [0.1, 0.15) is 11.5 Å². The largest absolute Gasteiger partial charge is 0.508 e. The summed E-state index contributed by atoms with van der Waals surface area (Å²) in [6.45, 7) is 4.46. The van der Waals surface area contributed by atoms with Crippen LogP contribution in [0.4, 0.5) is 0 Å². The van der Waals surface area contributed by atoms with Crippen LogP contribution < -0.4 is 0 Å². The van der Waals surface area contributed by atoms with E-state index >= 15 is 0 Å². The molecule has 0 fully saturated rings. The minimum atomic E-state index is -0.576. The van der Waals surface area contributed by atoms with Crippen LogP contribution in [-0.2, 0) is 9.53 Å². The third-order valence-corrected chi connectivity index (χ3v) is 4.18. The van der Waals surface area contributed by atoms with Crippen molar-refractivity contribution in [2.75, 3.05) is 6.61 Å². The van der Waals surface area contributed by atoms with Crippen LogP contribution in [0.25, 0.3) is 0 Å². The average molecular weight is 368 g/mol. The van der Waals surface area contributed by atoms with E-state index in [0.29, 0.717) is 31.1 Å². The molecule has 4 N–H and O–H groups in total. The smallest absolute Gasteiger partial charge is 0.280 e. The molecule has 0 atom stereocenters. The molecule has 6 heteroatoms. The van der Waals surface area contributed by atoms with E-state index in [1.807, 2.05) is 0 Å². The molecule has 1 rings (SSSR count). The molecule has 1 aliphatic rings. The zero-order valence-electron chi connectivity index (χ0n) is 15.8.